The smallest absolute Gasteiger partial charge is 0.293 e. The zero-order chi connectivity index (χ0) is 26.6. The molecular weight excluding hydrogens is 513 g/mol. The molecule has 0 atom stereocenters. The number of hydrogen-bond acceptors (Lipinski definition) is 5. The quantitative estimate of drug-likeness (QED) is 0.219. The van der Waals surface area contributed by atoms with Crippen LogP contribution in [0.2, 0.25) is 5.02 Å². The molecule has 0 aliphatic carbocycles. The summed E-state index contributed by atoms with van der Waals surface area (Å²) >= 11 is 6.87. The van der Waals surface area contributed by atoms with Crippen LogP contribution in [0.4, 0.5) is 9.18 Å². The van der Waals surface area contributed by atoms with Crippen molar-refractivity contribution in [3.8, 4) is 11.5 Å². The standard InChI is InChI=1S/C29H27ClFNO4S/c1-29(2,3)20-11-13-21(14-12-20)35-15-16-36-25-10-5-4-7-19(25)17-26-27(33)32(28(34)37-26)18-22-23(30)8-6-9-24(22)31/h4-14,17H,15-16,18H2,1-3H3/b26-17-. The molecular formula is C29H27ClFNO4S. The predicted molar refractivity (Wildman–Crippen MR) is 145 cm³/mol. The summed E-state index contributed by atoms with van der Waals surface area (Å²) in [5.41, 5.74) is 2.05. The van der Waals surface area contributed by atoms with Crippen molar-refractivity contribution in [2.24, 2.45) is 0 Å². The molecule has 8 heteroatoms. The van der Waals surface area contributed by atoms with E-state index in [2.05, 4.69) is 32.9 Å². The minimum absolute atomic E-state index is 0.0747. The first-order chi connectivity index (χ1) is 17.6. The lowest BCUT2D eigenvalue weighted by molar-refractivity contribution is -0.123. The second-order valence-electron chi connectivity index (χ2n) is 9.48. The Bertz CT molecular complexity index is 1310. The number of imide groups is 1. The van der Waals surface area contributed by atoms with Gasteiger partial charge < -0.3 is 9.47 Å². The molecule has 0 aromatic heterocycles. The topological polar surface area (TPSA) is 55.8 Å². The predicted octanol–water partition coefficient (Wildman–Crippen LogP) is 7.47. The van der Waals surface area contributed by atoms with Crippen molar-refractivity contribution in [2.45, 2.75) is 32.7 Å². The van der Waals surface area contributed by atoms with Crippen molar-refractivity contribution < 1.29 is 23.5 Å². The fourth-order valence-corrected chi connectivity index (χ4v) is 4.76. The van der Waals surface area contributed by atoms with Gasteiger partial charge in [-0.15, -0.1) is 0 Å². The van der Waals surface area contributed by atoms with E-state index < -0.39 is 17.0 Å². The lowest BCUT2D eigenvalue weighted by atomic mass is 9.87. The average molecular weight is 540 g/mol. The molecule has 1 saturated heterocycles. The van der Waals surface area contributed by atoms with E-state index >= 15 is 0 Å². The van der Waals surface area contributed by atoms with Crippen LogP contribution in [-0.2, 0) is 16.8 Å². The van der Waals surface area contributed by atoms with Gasteiger partial charge >= 0.3 is 0 Å². The normalized spacial score (nSPS) is 14.9. The molecule has 0 spiro atoms. The highest BCUT2D eigenvalue weighted by Crippen LogP contribution is 2.36. The number of rotatable bonds is 8. The Morgan fingerprint density at radius 1 is 0.946 bits per heavy atom. The SMILES string of the molecule is CC(C)(C)c1ccc(OCCOc2ccccc2/C=C2\SC(=O)N(Cc3c(F)cccc3Cl)C2=O)cc1. The lowest BCUT2D eigenvalue weighted by Crippen LogP contribution is -2.28. The number of thioether (sulfide) groups is 1. The summed E-state index contributed by atoms with van der Waals surface area (Å²) in [6.07, 6.45) is 1.61. The summed E-state index contributed by atoms with van der Waals surface area (Å²) in [6, 6.07) is 19.5. The van der Waals surface area contributed by atoms with E-state index in [9.17, 15) is 14.0 Å². The van der Waals surface area contributed by atoms with Gasteiger partial charge in [-0.05, 0) is 59.1 Å². The van der Waals surface area contributed by atoms with E-state index in [1.54, 1.807) is 18.2 Å². The first-order valence-electron chi connectivity index (χ1n) is 11.8. The Morgan fingerprint density at radius 3 is 2.35 bits per heavy atom. The highest BCUT2D eigenvalue weighted by molar-refractivity contribution is 8.18. The molecule has 1 fully saturated rings. The van der Waals surface area contributed by atoms with Crippen LogP contribution >= 0.6 is 23.4 Å². The molecule has 5 nitrogen and oxygen atoms in total. The summed E-state index contributed by atoms with van der Waals surface area (Å²) in [5, 5.41) is -0.325. The summed E-state index contributed by atoms with van der Waals surface area (Å²) in [7, 11) is 0. The van der Waals surface area contributed by atoms with Crippen LogP contribution < -0.4 is 9.47 Å². The Hall–Kier alpha value is -3.29. The van der Waals surface area contributed by atoms with E-state index in [1.807, 2.05) is 24.3 Å². The molecule has 1 aliphatic heterocycles. The van der Waals surface area contributed by atoms with Crippen LogP contribution in [0.1, 0.15) is 37.5 Å². The van der Waals surface area contributed by atoms with Gasteiger partial charge in [0.15, 0.2) is 0 Å². The van der Waals surface area contributed by atoms with Gasteiger partial charge in [0.1, 0.15) is 30.5 Å². The second-order valence-corrected chi connectivity index (χ2v) is 10.9. The molecule has 192 valence electrons. The highest BCUT2D eigenvalue weighted by Gasteiger charge is 2.36. The van der Waals surface area contributed by atoms with Gasteiger partial charge in [-0.1, -0.05) is 68.8 Å². The first kappa shape index (κ1) is 26.8. The number of hydrogen-bond donors (Lipinski definition) is 0. The molecule has 0 unspecified atom stereocenters. The molecule has 3 aromatic rings. The van der Waals surface area contributed by atoms with E-state index in [0.29, 0.717) is 24.5 Å². The molecule has 2 amide bonds. The van der Waals surface area contributed by atoms with Crippen LogP contribution in [0, 0.1) is 5.82 Å². The Labute approximate surface area is 225 Å². The van der Waals surface area contributed by atoms with Crippen LogP contribution in [0.25, 0.3) is 6.08 Å². The van der Waals surface area contributed by atoms with Gasteiger partial charge in [0, 0.05) is 16.1 Å². The third-order valence-corrected chi connectivity index (χ3v) is 7.05. The van der Waals surface area contributed by atoms with Gasteiger partial charge in [0.05, 0.1) is 11.4 Å². The van der Waals surface area contributed by atoms with Crippen molar-refractivity contribution in [2.75, 3.05) is 13.2 Å². The first-order valence-corrected chi connectivity index (χ1v) is 13.0. The fraction of sp³-hybridized carbons (Fsp3) is 0.241. The molecule has 1 heterocycles. The maximum atomic E-state index is 14.2. The summed E-state index contributed by atoms with van der Waals surface area (Å²) < 4.78 is 25.9. The molecule has 0 radical (unpaired) electrons. The van der Waals surface area contributed by atoms with Crippen molar-refractivity contribution >= 4 is 40.6 Å². The van der Waals surface area contributed by atoms with Gasteiger partial charge in [0.25, 0.3) is 11.1 Å². The number of carbonyl (C=O) groups is 2. The summed E-state index contributed by atoms with van der Waals surface area (Å²) in [6.45, 7) is 6.87. The Morgan fingerprint density at radius 2 is 1.65 bits per heavy atom. The van der Waals surface area contributed by atoms with Gasteiger partial charge in [-0.2, -0.15) is 0 Å². The third kappa shape index (κ3) is 6.53. The molecule has 3 aromatic carbocycles. The third-order valence-electron chi connectivity index (χ3n) is 5.79. The van der Waals surface area contributed by atoms with Crippen molar-refractivity contribution in [1.82, 2.24) is 4.90 Å². The molecule has 0 saturated carbocycles. The Balaban J connectivity index is 1.39. The number of para-hydroxylation sites is 1. The van der Waals surface area contributed by atoms with Crippen molar-refractivity contribution in [1.29, 1.82) is 0 Å². The van der Waals surface area contributed by atoms with Gasteiger partial charge in [-0.25, -0.2) is 4.39 Å². The van der Waals surface area contributed by atoms with Crippen LogP contribution in [0.3, 0.4) is 0 Å². The number of benzene rings is 3. The number of halogens is 2. The van der Waals surface area contributed by atoms with Crippen LogP contribution in [-0.4, -0.2) is 29.3 Å². The van der Waals surface area contributed by atoms with Crippen molar-refractivity contribution in [3.63, 3.8) is 0 Å². The molecule has 4 rings (SSSR count). The monoisotopic (exact) mass is 539 g/mol. The molecule has 0 N–H and O–H groups in total. The minimum atomic E-state index is -0.568. The van der Waals surface area contributed by atoms with Crippen LogP contribution in [0.15, 0.2) is 71.6 Å². The highest BCUT2D eigenvalue weighted by atomic mass is 35.5. The zero-order valence-electron chi connectivity index (χ0n) is 20.8. The van der Waals surface area contributed by atoms with Gasteiger partial charge in [-0.3, -0.25) is 14.5 Å². The largest absolute Gasteiger partial charge is 0.490 e. The number of ether oxygens (including phenoxy) is 2. The fourth-order valence-electron chi connectivity index (χ4n) is 3.71. The lowest BCUT2D eigenvalue weighted by Gasteiger charge is -2.19. The van der Waals surface area contributed by atoms with Gasteiger partial charge in [0.2, 0.25) is 0 Å². The van der Waals surface area contributed by atoms with E-state index in [-0.39, 0.29) is 27.5 Å². The molecule has 1 aliphatic rings. The Kier molecular flexibility index (Phi) is 8.25. The minimum Gasteiger partial charge on any atom is -0.490 e. The number of carbonyl (C=O) groups excluding carboxylic acids is 2. The molecule has 37 heavy (non-hydrogen) atoms. The number of amides is 2. The van der Waals surface area contributed by atoms with E-state index in [4.69, 9.17) is 21.1 Å². The van der Waals surface area contributed by atoms with E-state index in [0.717, 1.165) is 22.4 Å². The van der Waals surface area contributed by atoms with E-state index in [1.165, 1.54) is 23.8 Å². The maximum absolute atomic E-state index is 14.2. The molecule has 0 bridgehead atoms. The summed E-state index contributed by atoms with van der Waals surface area (Å²) in [5.74, 6) is 0.236. The average Bonchev–Trinajstić information content (AvgIpc) is 3.12. The van der Waals surface area contributed by atoms with Crippen LogP contribution in [0.5, 0.6) is 11.5 Å². The zero-order valence-corrected chi connectivity index (χ0v) is 22.4. The number of nitrogens with zero attached hydrogens (tertiary/aromatic N) is 1. The maximum Gasteiger partial charge on any atom is 0.293 e. The summed E-state index contributed by atoms with van der Waals surface area (Å²) in [4.78, 5) is 26.7. The van der Waals surface area contributed by atoms with Crippen molar-refractivity contribution in [3.05, 3.63) is 99.2 Å². The second kappa shape index (κ2) is 11.4.